The lowest BCUT2D eigenvalue weighted by molar-refractivity contribution is -0.513. The van der Waals surface area contributed by atoms with Gasteiger partial charge in [0.15, 0.2) is 19.7 Å². The van der Waals surface area contributed by atoms with Crippen LogP contribution in [0, 0.1) is 5.92 Å². The highest BCUT2D eigenvalue weighted by molar-refractivity contribution is 6.35. The molecule has 2 fully saturated rings. The number of benzene rings is 1. The molecular formula is C25H29Cl2F2INO4+. The molecule has 0 aromatic heterocycles. The second-order valence-electron chi connectivity index (χ2n) is 8.37. The fourth-order valence-corrected chi connectivity index (χ4v) is 5.32. The van der Waals surface area contributed by atoms with Gasteiger partial charge in [-0.3, -0.25) is 4.79 Å². The monoisotopic (exact) mass is 642 g/mol. The molecule has 1 aromatic rings. The third kappa shape index (κ3) is 8.91. The van der Waals surface area contributed by atoms with Gasteiger partial charge in [0.25, 0.3) is 0 Å². The molecule has 1 heterocycles. The van der Waals surface area contributed by atoms with E-state index in [1.165, 1.54) is 6.07 Å². The quantitative estimate of drug-likeness (QED) is 0.202. The third-order valence-corrected chi connectivity index (χ3v) is 8.10. The van der Waals surface area contributed by atoms with Crippen molar-refractivity contribution in [3.8, 4) is 11.5 Å². The smallest absolute Gasteiger partial charge is 0.387 e. The van der Waals surface area contributed by atoms with Gasteiger partial charge in [-0.1, -0.05) is 35.8 Å². The second kappa shape index (κ2) is 13.8. The summed E-state index contributed by atoms with van der Waals surface area (Å²) in [5.74, 6) is 0.142. The summed E-state index contributed by atoms with van der Waals surface area (Å²) in [7, 11) is 0. The molecule has 2 atom stereocenters. The number of esters is 1. The topological polar surface area (TPSA) is 56.8 Å². The van der Waals surface area contributed by atoms with E-state index in [0.717, 1.165) is 25.8 Å². The van der Waals surface area contributed by atoms with Crippen LogP contribution in [0.2, 0.25) is 0 Å². The SMILES string of the molecule is C=C[I+]/C=C(Cl)\C(C[C@H](OC(=O)[C@H]1CCCN1)c1ccc(OC(F)F)c(OCC2CC2)c1)=C(/C)Cl. The van der Waals surface area contributed by atoms with Crippen LogP contribution < -0.4 is 36.0 Å². The Labute approximate surface area is 225 Å². The summed E-state index contributed by atoms with van der Waals surface area (Å²) in [6.07, 6.45) is 3.10. The predicted molar refractivity (Wildman–Crippen MR) is 128 cm³/mol. The number of carbonyl (C=O) groups excluding carboxylic acids is 1. The van der Waals surface area contributed by atoms with E-state index >= 15 is 0 Å². The molecule has 10 heteroatoms. The number of rotatable bonds is 13. The lowest BCUT2D eigenvalue weighted by Crippen LogP contribution is -3.56. The van der Waals surface area contributed by atoms with Gasteiger partial charge < -0.3 is 19.5 Å². The zero-order chi connectivity index (χ0) is 25.4. The number of carbonyl (C=O) groups is 1. The summed E-state index contributed by atoms with van der Waals surface area (Å²) in [6, 6.07) is 4.20. The van der Waals surface area contributed by atoms with Crippen LogP contribution >= 0.6 is 23.2 Å². The number of hydrogen-bond acceptors (Lipinski definition) is 5. The molecule has 0 amide bonds. The fraction of sp³-hybridized carbons (Fsp3) is 0.480. The Balaban J connectivity index is 1.92. The second-order valence-corrected chi connectivity index (χ2v) is 11.6. The number of alkyl halides is 2. The molecule has 1 aliphatic carbocycles. The maximum atomic E-state index is 13.0. The molecule has 0 bridgehead atoms. The zero-order valence-electron chi connectivity index (χ0n) is 19.4. The van der Waals surface area contributed by atoms with Gasteiger partial charge in [-0.15, -0.1) is 0 Å². The molecule has 0 radical (unpaired) electrons. The molecule has 192 valence electrons. The molecule has 0 spiro atoms. The summed E-state index contributed by atoms with van der Waals surface area (Å²) >= 11 is 12.5. The zero-order valence-corrected chi connectivity index (χ0v) is 23.0. The van der Waals surface area contributed by atoms with Crippen LogP contribution in [-0.4, -0.2) is 31.8 Å². The molecule has 0 unspecified atom stereocenters. The van der Waals surface area contributed by atoms with E-state index in [9.17, 15) is 13.6 Å². The van der Waals surface area contributed by atoms with Crippen molar-refractivity contribution in [2.45, 2.75) is 57.8 Å². The number of allylic oxidation sites excluding steroid dienone is 2. The van der Waals surface area contributed by atoms with Crippen molar-refractivity contribution in [3.63, 3.8) is 0 Å². The van der Waals surface area contributed by atoms with E-state index in [0.29, 0.717) is 40.1 Å². The maximum absolute atomic E-state index is 13.0. The van der Waals surface area contributed by atoms with Gasteiger partial charge >= 0.3 is 33.8 Å². The van der Waals surface area contributed by atoms with Crippen molar-refractivity contribution in [1.82, 2.24) is 5.32 Å². The Morgan fingerprint density at radius 1 is 1.29 bits per heavy atom. The standard InChI is InChI=1S/C25H29Cl2F2INO4/c1-3-30-13-19(27)18(15(2)26)12-22(34-24(32)20-5-4-10-31-20)17-8-9-21(35-25(28)29)23(11-17)33-14-16-6-7-16/h3,8-9,11,13,16,20,22,25,31H,1,4-7,10,12,14H2,2H3/q+1/b18-15+,19-13+/t20-,22+/m1/s1. The van der Waals surface area contributed by atoms with Crippen molar-refractivity contribution in [1.29, 1.82) is 0 Å². The summed E-state index contributed by atoms with van der Waals surface area (Å²) in [4.78, 5) is 12.9. The summed E-state index contributed by atoms with van der Waals surface area (Å²) in [6.45, 7) is 3.63. The number of hydrogen-bond donors (Lipinski definition) is 1. The van der Waals surface area contributed by atoms with E-state index in [1.807, 2.05) is 8.17 Å². The van der Waals surface area contributed by atoms with Crippen molar-refractivity contribution in [2.24, 2.45) is 5.92 Å². The first-order chi connectivity index (χ1) is 16.8. The molecule has 2 aliphatic rings. The number of ether oxygens (including phenoxy) is 3. The Hall–Kier alpha value is -1.36. The third-order valence-electron chi connectivity index (χ3n) is 5.67. The van der Waals surface area contributed by atoms with Crippen LogP contribution in [0.3, 0.4) is 0 Å². The normalized spacial score (nSPS) is 19.8. The predicted octanol–water partition coefficient (Wildman–Crippen LogP) is 3.63. The molecule has 3 rings (SSSR count). The van der Waals surface area contributed by atoms with Gasteiger partial charge in [0.1, 0.15) is 12.1 Å². The Morgan fingerprint density at radius 3 is 2.66 bits per heavy atom. The minimum Gasteiger partial charge on any atom is -0.489 e. The van der Waals surface area contributed by atoms with E-state index in [2.05, 4.69) is 16.6 Å². The highest BCUT2D eigenvalue weighted by Crippen LogP contribution is 2.39. The molecule has 5 nitrogen and oxygen atoms in total. The van der Waals surface area contributed by atoms with Crippen LogP contribution in [0.15, 0.2) is 48.6 Å². The average molecular weight is 643 g/mol. The molecule has 1 aromatic carbocycles. The van der Waals surface area contributed by atoms with Gasteiger partial charge in [0, 0.05) is 11.5 Å². The largest absolute Gasteiger partial charge is 0.489 e. The van der Waals surface area contributed by atoms with Gasteiger partial charge in [0.2, 0.25) is 0 Å². The summed E-state index contributed by atoms with van der Waals surface area (Å²) in [5, 5.41) is 4.09. The van der Waals surface area contributed by atoms with Crippen LogP contribution in [-0.2, 0) is 9.53 Å². The molecule has 1 aliphatic heterocycles. The average Bonchev–Trinajstić information content (AvgIpc) is 3.48. The highest BCUT2D eigenvalue weighted by Gasteiger charge is 2.30. The summed E-state index contributed by atoms with van der Waals surface area (Å²) in [5.41, 5.74) is 1.21. The van der Waals surface area contributed by atoms with E-state index < -0.39 is 40.0 Å². The Morgan fingerprint density at radius 2 is 2.06 bits per heavy atom. The number of nitrogens with one attached hydrogen (secondary N) is 1. The minimum atomic E-state index is -2.99. The van der Waals surface area contributed by atoms with Gasteiger partial charge in [0.05, 0.1) is 11.6 Å². The van der Waals surface area contributed by atoms with E-state index in [-0.39, 0.29) is 23.9 Å². The van der Waals surface area contributed by atoms with Gasteiger partial charge in [-0.2, -0.15) is 8.78 Å². The molecular weight excluding hydrogens is 614 g/mol. The van der Waals surface area contributed by atoms with Crippen molar-refractivity contribution >= 4 is 29.2 Å². The maximum Gasteiger partial charge on any atom is 0.387 e. The van der Waals surface area contributed by atoms with E-state index in [1.54, 1.807) is 19.1 Å². The number of halogens is 5. The van der Waals surface area contributed by atoms with Crippen LogP contribution in [0.4, 0.5) is 8.78 Å². The first-order valence-electron chi connectivity index (χ1n) is 11.4. The molecule has 1 saturated heterocycles. The lowest BCUT2D eigenvalue weighted by Gasteiger charge is -2.23. The molecule has 1 saturated carbocycles. The van der Waals surface area contributed by atoms with Crippen LogP contribution in [0.5, 0.6) is 11.5 Å². The van der Waals surface area contributed by atoms with Crippen molar-refractivity contribution in [3.05, 3.63) is 54.1 Å². The van der Waals surface area contributed by atoms with Gasteiger partial charge in [-0.05, 0) is 68.3 Å². The van der Waals surface area contributed by atoms with Gasteiger partial charge in [-0.25, -0.2) is 0 Å². The van der Waals surface area contributed by atoms with E-state index in [4.69, 9.17) is 32.7 Å². The Bertz CT molecular complexity index is 959. The highest BCUT2D eigenvalue weighted by atomic mass is 127. The molecule has 1 N–H and O–H groups in total. The minimum absolute atomic E-state index is 0.0649. The lowest BCUT2D eigenvalue weighted by atomic mass is 10.00. The first kappa shape index (κ1) is 28.2. The Kier molecular flexibility index (Phi) is 11.1. The summed E-state index contributed by atoms with van der Waals surface area (Å²) < 4.78 is 46.0. The van der Waals surface area contributed by atoms with Crippen molar-refractivity contribution < 1.29 is 49.0 Å². The van der Waals surface area contributed by atoms with Crippen LogP contribution in [0.25, 0.3) is 0 Å². The fourth-order valence-electron chi connectivity index (χ4n) is 3.61. The van der Waals surface area contributed by atoms with Crippen molar-refractivity contribution in [2.75, 3.05) is 13.2 Å². The first-order valence-corrected chi connectivity index (χ1v) is 14.6. The molecule has 35 heavy (non-hydrogen) atoms. The van der Waals surface area contributed by atoms with Crippen LogP contribution in [0.1, 0.15) is 50.7 Å².